The van der Waals surface area contributed by atoms with Gasteiger partial charge in [0.25, 0.3) is 0 Å². The van der Waals surface area contributed by atoms with Gasteiger partial charge >= 0.3 is 6.18 Å². The van der Waals surface area contributed by atoms with Crippen LogP contribution in [0.4, 0.5) is 18.9 Å². The number of ether oxygens (including phenoxy) is 1. The first-order chi connectivity index (χ1) is 11.8. The Morgan fingerprint density at radius 3 is 2.60 bits per heavy atom. The Morgan fingerprint density at radius 2 is 2.00 bits per heavy atom. The highest BCUT2D eigenvalue weighted by Gasteiger charge is 2.30. The first kappa shape index (κ1) is 19.7. The number of nitrogens with zero attached hydrogens (tertiary/aromatic N) is 1. The molecule has 1 amide bonds. The molecule has 1 aliphatic heterocycles. The van der Waals surface area contributed by atoms with Gasteiger partial charge in [-0.1, -0.05) is 6.42 Å². The lowest BCUT2D eigenvalue weighted by Crippen LogP contribution is -2.44. The Morgan fingerprint density at radius 1 is 1.32 bits per heavy atom. The van der Waals surface area contributed by atoms with Crippen molar-refractivity contribution in [2.24, 2.45) is 5.92 Å². The van der Waals surface area contributed by atoms with Crippen LogP contribution in [0.25, 0.3) is 0 Å². The van der Waals surface area contributed by atoms with Crippen molar-refractivity contribution < 1.29 is 22.7 Å². The molecule has 2 rings (SSSR count). The van der Waals surface area contributed by atoms with Crippen LogP contribution in [0, 0.1) is 5.92 Å². The summed E-state index contributed by atoms with van der Waals surface area (Å²) in [5, 5.41) is 2.71. The number of amides is 1. The third-order valence-corrected chi connectivity index (χ3v) is 4.61. The third-order valence-electron chi connectivity index (χ3n) is 4.61. The van der Waals surface area contributed by atoms with Gasteiger partial charge in [-0.05, 0) is 56.5 Å². The Labute approximate surface area is 146 Å². The van der Waals surface area contributed by atoms with Crippen molar-refractivity contribution in [3.05, 3.63) is 29.8 Å². The van der Waals surface area contributed by atoms with Gasteiger partial charge in [0.05, 0.1) is 18.2 Å². The van der Waals surface area contributed by atoms with Gasteiger partial charge in [-0.3, -0.25) is 9.69 Å². The Hall–Kier alpha value is -1.60. The molecular weight excluding hydrogens is 333 g/mol. The zero-order chi connectivity index (χ0) is 18.4. The van der Waals surface area contributed by atoms with Gasteiger partial charge < -0.3 is 10.1 Å². The summed E-state index contributed by atoms with van der Waals surface area (Å²) in [6.45, 7) is 4.12. The molecule has 1 aromatic rings. The number of rotatable bonds is 5. The van der Waals surface area contributed by atoms with Gasteiger partial charge in [-0.25, -0.2) is 0 Å². The quantitative estimate of drug-likeness (QED) is 0.871. The minimum Gasteiger partial charge on any atom is -0.384 e. The number of anilines is 1. The molecule has 0 saturated carbocycles. The predicted octanol–water partition coefficient (Wildman–Crippen LogP) is 3.78. The van der Waals surface area contributed by atoms with Crippen LogP contribution in [-0.2, 0) is 15.7 Å². The molecule has 25 heavy (non-hydrogen) atoms. The van der Waals surface area contributed by atoms with E-state index in [2.05, 4.69) is 10.2 Å². The van der Waals surface area contributed by atoms with Crippen LogP contribution in [-0.4, -0.2) is 43.7 Å². The number of methoxy groups -OCH3 is 1. The Balaban J connectivity index is 1.97. The van der Waals surface area contributed by atoms with Gasteiger partial charge in [0, 0.05) is 19.3 Å². The van der Waals surface area contributed by atoms with Crippen LogP contribution >= 0.6 is 0 Å². The van der Waals surface area contributed by atoms with E-state index < -0.39 is 11.7 Å². The van der Waals surface area contributed by atoms with Crippen molar-refractivity contribution in [1.29, 1.82) is 0 Å². The maximum absolute atomic E-state index is 12.6. The second-order valence-corrected chi connectivity index (χ2v) is 6.55. The molecule has 1 N–H and O–H groups in total. The Bertz CT molecular complexity index is 560. The summed E-state index contributed by atoms with van der Waals surface area (Å²) in [5.41, 5.74) is -0.360. The Kier molecular flexibility index (Phi) is 6.84. The predicted molar refractivity (Wildman–Crippen MR) is 90.3 cm³/mol. The first-order valence-corrected chi connectivity index (χ1v) is 8.52. The van der Waals surface area contributed by atoms with Gasteiger partial charge in [0.15, 0.2) is 0 Å². The number of halogens is 3. The van der Waals surface area contributed by atoms with E-state index in [0.29, 0.717) is 18.2 Å². The molecule has 0 unspecified atom stereocenters. The minimum absolute atomic E-state index is 0.210. The highest BCUT2D eigenvalue weighted by molar-refractivity contribution is 5.94. The van der Waals surface area contributed by atoms with E-state index in [1.807, 2.05) is 6.92 Å². The molecule has 140 valence electrons. The number of alkyl halides is 3. The zero-order valence-electron chi connectivity index (χ0n) is 14.6. The molecule has 1 aliphatic rings. The van der Waals surface area contributed by atoms with Gasteiger partial charge in [-0.15, -0.1) is 0 Å². The number of carbonyl (C=O) groups excluding carboxylic acids is 1. The number of nitrogens with one attached hydrogen (secondary N) is 1. The van der Waals surface area contributed by atoms with Crippen LogP contribution in [0.5, 0.6) is 0 Å². The van der Waals surface area contributed by atoms with Gasteiger partial charge in [0.2, 0.25) is 5.91 Å². The van der Waals surface area contributed by atoms with Crippen LogP contribution in [0.3, 0.4) is 0 Å². The van der Waals surface area contributed by atoms with Crippen molar-refractivity contribution in [2.45, 2.75) is 38.4 Å². The molecule has 1 saturated heterocycles. The largest absolute Gasteiger partial charge is 0.416 e. The zero-order valence-corrected chi connectivity index (χ0v) is 14.6. The molecule has 0 bridgehead atoms. The SMILES string of the molecule is COC[C@@H]1CCCCN([C@H](C)C(=O)Nc2ccc(C(F)(F)F)cc2)C1. The van der Waals surface area contributed by atoms with Crippen molar-refractivity contribution in [2.75, 3.05) is 32.1 Å². The molecule has 0 aromatic heterocycles. The summed E-state index contributed by atoms with van der Waals surface area (Å²) in [6.07, 6.45) is -1.16. The summed E-state index contributed by atoms with van der Waals surface area (Å²) in [4.78, 5) is 14.6. The van der Waals surface area contributed by atoms with Crippen molar-refractivity contribution in [3.63, 3.8) is 0 Å². The average Bonchev–Trinajstić information content (AvgIpc) is 2.80. The lowest BCUT2D eigenvalue weighted by atomic mass is 10.0. The molecule has 2 atom stereocenters. The molecule has 0 radical (unpaired) electrons. The lowest BCUT2D eigenvalue weighted by Gasteiger charge is -2.29. The van der Waals surface area contributed by atoms with E-state index >= 15 is 0 Å². The van der Waals surface area contributed by atoms with E-state index in [9.17, 15) is 18.0 Å². The van der Waals surface area contributed by atoms with Crippen LogP contribution < -0.4 is 5.32 Å². The molecule has 1 aromatic carbocycles. The van der Waals surface area contributed by atoms with E-state index in [-0.39, 0.29) is 11.9 Å². The molecule has 0 aliphatic carbocycles. The van der Waals surface area contributed by atoms with E-state index in [1.165, 1.54) is 12.1 Å². The summed E-state index contributed by atoms with van der Waals surface area (Å²) in [7, 11) is 1.68. The highest BCUT2D eigenvalue weighted by Crippen LogP contribution is 2.30. The van der Waals surface area contributed by atoms with E-state index in [1.54, 1.807) is 7.11 Å². The monoisotopic (exact) mass is 358 g/mol. The normalized spacial score (nSPS) is 20.8. The summed E-state index contributed by atoms with van der Waals surface area (Å²) < 4.78 is 43.0. The topological polar surface area (TPSA) is 41.6 Å². The van der Waals surface area contributed by atoms with Crippen LogP contribution in [0.2, 0.25) is 0 Å². The lowest BCUT2D eigenvalue weighted by molar-refractivity contribution is -0.137. The number of hydrogen-bond acceptors (Lipinski definition) is 3. The van der Waals surface area contributed by atoms with Crippen LogP contribution in [0.15, 0.2) is 24.3 Å². The fraction of sp³-hybridized carbons (Fsp3) is 0.611. The number of likely N-dealkylation sites (tertiary alicyclic amines) is 1. The molecular formula is C18H25F3N2O2. The highest BCUT2D eigenvalue weighted by atomic mass is 19.4. The second kappa shape index (κ2) is 8.67. The average molecular weight is 358 g/mol. The van der Waals surface area contributed by atoms with Crippen LogP contribution in [0.1, 0.15) is 31.7 Å². The molecule has 1 fully saturated rings. The number of benzene rings is 1. The van der Waals surface area contributed by atoms with Gasteiger partial charge in [0.1, 0.15) is 0 Å². The number of hydrogen-bond donors (Lipinski definition) is 1. The van der Waals surface area contributed by atoms with Gasteiger partial charge in [-0.2, -0.15) is 13.2 Å². The molecule has 0 spiro atoms. The third kappa shape index (κ3) is 5.71. The van der Waals surface area contributed by atoms with Crippen molar-refractivity contribution >= 4 is 11.6 Å². The summed E-state index contributed by atoms with van der Waals surface area (Å²) in [5.74, 6) is 0.187. The van der Waals surface area contributed by atoms with Crippen molar-refractivity contribution in [3.8, 4) is 0 Å². The minimum atomic E-state index is -4.38. The summed E-state index contributed by atoms with van der Waals surface area (Å²) in [6, 6.07) is 4.16. The molecule has 4 nitrogen and oxygen atoms in total. The standard InChI is InChI=1S/C18H25F3N2O2/c1-13(23-10-4-3-5-14(11-23)12-25-2)17(24)22-16-8-6-15(7-9-16)18(19,20)21/h6-9,13-14H,3-5,10-12H2,1-2H3,(H,22,24)/t13-,14-/m1/s1. The smallest absolute Gasteiger partial charge is 0.384 e. The molecule has 1 heterocycles. The fourth-order valence-corrected chi connectivity index (χ4v) is 3.14. The van der Waals surface area contributed by atoms with E-state index in [0.717, 1.165) is 44.5 Å². The number of carbonyl (C=O) groups is 1. The maximum Gasteiger partial charge on any atom is 0.416 e. The second-order valence-electron chi connectivity index (χ2n) is 6.55. The fourth-order valence-electron chi connectivity index (χ4n) is 3.14. The first-order valence-electron chi connectivity index (χ1n) is 8.52. The van der Waals surface area contributed by atoms with E-state index in [4.69, 9.17) is 4.74 Å². The van der Waals surface area contributed by atoms with Crippen molar-refractivity contribution in [1.82, 2.24) is 4.90 Å². The summed E-state index contributed by atoms with van der Waals surface area (Å²) >= 11 is 0. The molecule has 7 heteroatoms. The maximum atomic E-state index is 12.6.